The molecule has 0 bridgehead atoms. The lowest BCUT2D eigenvalue weighted by molar-refractivity contribution is -0.117. The summed E-state index contributed by atoms with van der Waals surface area (Å²) in [4.78, 5) is 16.0. The van der Waals surface area contributed by atoms with Crippen molar-refractivity contribution in [3.63, 3.8) is 0 Å². The van der Waals surface area contributed by atoms with Gasteiger partial charge in [-0.15, -0.1) is 11.3 Å². The number of nitrogens with zero attached hydrogens (tertiary/aromatic N) is 1. The number of rotatable bonds is 4. The topological polar surface area (TPSA) is 54.0 Å². The van der Waals surface area contributed by atoms with Gasteiger partial charge in [-0.05, 0) is 24.9 Å². The Bertz CT molecular complexity index is 371. The summed E-state index contributed by atoms with van der Waals surface area (Å²) in [5, 5.41) is 8.74. The first-order valence-electron chi connectivity index (χ1n) is 5.61. The summed E-state index contributed by atoms with van der Waals surface area (Å²) >= 11 is 1.50. The summed E-state index contributed by atoms with van der Waals surface area (Å²) in [5.41, 5.74) is 1.05. The van der Waals surface area contributed by atoms with E-state index in [1.165, 1.54) is 11.3 Å². The SMILES string of the molecule is CC(C)c1csc(NC(=O)CC2CNC2)n1. The molecule has 0 aromatic carbocycles. The van der Waals surface area contributed by atoms with Crippen LogP contribution >= 0.6 is 11.3 Å². The van der Waals surface area contributed by atoms with Crippen LogP contribution in [-0.4, -0.2) is 24.0 Å². The molecule has 5 heteroatoms. The van der Waals surface area contributed by atoms with Gasteiger partial charge in [0.2, 0.25) is 5.91 Å². The van der Waals surface area contributed by atoms with Crippen LogP contribution in [0.2, 0.25) is 0 Å². The van der Waals surface area contributed by atoms with Gasteiger partial charge >= 0.3 is 0 Å². The minimum atomic E-state index is 0.0798. The van der Waals surface area contributed by atoms with Crippen molar-refractivity contribution >= 4 is 22.4 Å². The zero-order valence-electron chi connectivity index (χ0n) is 9.62. The number of aromatic nitrogens is 1. The van der Waals surface area contributed by atoms with E-state index in [9.17, 15) is 4.79 Å². The minimum Gasteiger partial charge on any atom is -0.316 e. The molecule has 2 rings (SSSR count). The third-order valence-corrected chi connectivity index (χ3v) is 3.48. The van der Waals surface area contributed by atoms with E-state index in [4.69, 9.17) is 0 Å². The minimum absolute atomic E-state index is 0.0798. The lowest BCUT2D eigenvalue weighted by Crippen LogP contribution is -2.43. The van der Waals surface area contributed by atoms with Gasteiger partial charge in [-0.25, -0.2) is 4.98 Å². The Labute approximate surface area is 99.5 Å². The Morgan fingerprint density at radius 2 is 2.44 bits per heavy atom. The average molecular weight is 239 g/mol. The molecule has 1 aromatic rings. The zero-order chi connectivity index (χ0) is 11.5. The summed E-state index contributed by atoms with van der Waals surface area (Å²) in [5.74, 6) is 0.999. The third-order valence-electron chi connectivity index (χ3n) is 2.70. The molecule has 0 radical (unpaired) electrons. The zero-order valence-corrected chi connectivity index (χ0v) is 10.4. The lowest BCUT2D eigenvalue weighted by atomic mass is 9.99. The maximum Gasteiger partial charge on any atom is 0.226 e. The molecular formula is C11H17N3OS. The molecule has 16 heavy (non-hydrogen) atoms. The molecule has 88 valence electrons. The van der Waals surface area contributed by atoms with E-state index in [1.807, 2.05) is 5.38 Å². The van der Waals surface area contributed by atoms with Crippen molar-refractivity contribution in [3.8, 4) is 0 Å². The second-order valence-electron chi connectivity index (χ2n) is 4.51. The highest BCUT2D eigenvalue weighted by molar-refractivity contribution is 7.13. The molecule has 2 heterocycles. The van der Waals surface area contributed by atoms with Crippen LogP contribution in [-0.2, 0) is 4.79 Å². The monoisotopic (exact) mass is 239 g/mol. The van der Waals surface area contributed by atoms with Crippen molar-refractivity contribution < 1.29 is 4.79 Å². The summed E-state index contributed by atoms with van der Waals surface area (Å²) in [7, 11) is 0. The number of hydrogen-bond acceptors (Lipinski definition) is 4. The fourth-order valence-electron chi connectivity index (χ4n) is 1.53. The first-order chi connectivity index (χ1) is 7.65. The van der Waals surface area contributed by atoms with Gasteiger partial charge in [-0.2, -0.15) is 0 Å². The van der Waals surface area contributed by atoms with E-state index in [-0.39, 0.29) is 5.91 Å². The Kier molecular flexibility index (Phi) is 3.56. The van der Waals surface area contributed by atoms with Gasteiger partial charge in [0.05, 0.1) is 5.69 Å². The number of anilines is 1. The molecule has 2 N–H and O–H groups in total. The normalized spacial score (nSPS) is 16.2. The largest absolute Gasteiger partial charge is 0.316 e. The summed E-state index contributed by atoms with van der Waals surface area (Å²) in [6.45, 7) is 6.12. The first-order valence-corrected chi connectivity index (χ1v) is 6.49. The predicted octanol–water partition coefficient (Wildman–Crippen LogP) is 1.81. The van der Waals surface area contributed by atoms with Crippen LogP contribution < -0.4 is 10.6 Å². The number of hydrogen-bond donors (Lipinski definition) is 2. The van der Waals surface area contributed by atoms with Gasteiger partial charge in [-0.3, -0.25) is 4.79 Å². The molecule has 1 aliphatic rings. The predicted molar refractivity (Wildman–Crippen MR) is 65.8 cm³/mol. The molecule has 0 aliphatic carbocycles. The van der Waals surface area contributed by atoms with Crippen molar-refractivity contribution in [2.24, 2.45) is 5.92 Å². The molecule has 1 saturated heterocycles. The smallest absolute Gasteiger partial charge is 0.226 e. The van der Waals surface area contributed by atoms with Crippen LogP contribution in [0.1, 0.15) is 31.9 Å². The highest BCUT2D eigenvalue weighted by atomic mass is 32.1. The van der Waals surface area contributed by atoms with E-state index in [2.05, 4.69) is 29.5 Å². The molecular weight excluding hydrogens is 222 g/mol. The average Bonchev–Trinajstić information content (AvgIpc) is 2.60. The maximum absolute atomic E-state index is 11.6. The summed E-state index contributed by atoms with van der Waals surface area (Å²) in [6, 6.07) is 0. The van der Waals surface area contributed by atoms with Gasteiger partial charge in [0.1, 0.15) is 0 Å². The van der Waals surface area contributed by atoms with Crippen LogP contribution in [0, 0.1) is 5.92 Å². The van der Waals surface area contributed by atoms with Crippen molar-refractivity contribution in [1.29, 1.82) is 0 Å². The highest BCUT2D eigenvalue weighted by Crippen LogP contribution is 2.22. The van der Waals surface area contributed by atoms with Gasteiger partial charge in [0.15, 0.2) is 5.13 Å². The fourth-order valence-corrected chi connectivity index (χ4v) is 2.42. The van der Waals surface area contributed by atoms with Crippen molar-refractivity contribution in [1.82, 2.24) is 10.3 Å². The Hall–Kier alpha value is -0.940. The van der Waals surface area contributed by atoms with Crippen LogP contribution in [0.15, 0.2) is 5.38 Å². The van der Waals surface area contributed by atoms with Crippen LogP contribution in [0.5, 0.6) is 0 Å². The van der Waals surface area contributed by atoms with E-state index in [0.717, 1.165) is 23.9 Å². The third kappa shape index (κ3) is 2.80. The highest BCUT2D eigenvalue weighted by Gasteiger charge is 2.20. The Morgan fingerprint density at radius 1 is 1.69 bits per heavy atom. The van der Waals surface area contributed by atoms with Crippen molar-refractivity contribution in [2.75, 3.05) is 18.4 Å². The van der Waals surface area contributed by atoms with E-state index in [0.29, 0.717) is 18.3 Å². The lowest BCUT2D eigenvalue weighted by Gasteiger charge is -2.26. The van der Waals surface area contributed by atoms with Crippen LogP contribution in [0.25, 0.3) is 0 Å². The fraction of sp³-hybridized carbons (Fsp3) is 0.636. The van der Waals surface area contributed by atoms with Crippen LogP contribution in [0.4, 0.5) is 5.13 Å². The molecule has 1 aromatic heterocycles. The molecule has 0 spiro atoms. The summed E-state index contributed by atoms with van der Waals surface area (Å²) in [6.07, 6.45) is 0.601. The second kappa shape index (κ2) is 4.93. The molecule has 1 amide bonds. The molecule has 0 unspecified atom stereocenters. The molecule has 0 saturated carbocycles. The second-order valence-corrected chi connectivity index (χ2v) is 5.37. The number of amides is 1. The van der Waals surface area contributed by atoms with Gasteiger partial charge in [0.25, 0.3) is 0 Å². The van der Waals surface area contributed by atoms with Crippen molar-refractivity contribution in [3.05, 3.63) is 11.1 Å². The number of nitrogens with one attached hydrogen (secondary N) is 2. The van der Waals surface area contributed by atoms with Crippen molar-refractivity contribution in [2.45, 2.75) is 26.2 Å². The molecule has 1 fully saturated rings. The molecule has 0 atom stereocenters. The first kappa shape index (κ1) is 11.5. The van der Waals surface area contributed by atoms with Gasteiger partial charge in [0, 0.05) is 11.8 Å². The van der Waals surface area contributed by atoms with Gasteiger partial charge in [-0.1, -0.05) is 13.8 Å². The van der Waals surface area contributed by atoms with E-state index < -0.39 is 0 Å². The molecule has 4 nitrogen and oxygen atoms in total. The summed E-state index contributed by atoms with van der Waals surface area (Å²) < 4.78 is 0. The van der Waals surface area contributed by atoms with E-state index in [1.54, 1.807) is 0 Å². The number of thiazole rings is 1. The van der Waals surface area contributed by atoms with Crippen LogP contribution in [0.3, 0.4) is 0 Å². The standard InChI is InChI=1S/C11H17N3OS/c1-7(2)9-6-16-11(13-9)14-10(15)3-8-4-12-5-8/h6-8,12H,3-5H2,1-2H3,(H,13,14,15). The number of carbonyl (C=O) groups excluding carboxylic acids is 1. The Balaban J connectivity index is 1.85. The molecule has 1 aliphatic heterocycles. The van der Waals surface area contributed by atoms with E-state index >= 15 is 0 Å². The number of carbonyl (C=O) groups is 1. The maximum atomic E-state index is 11.6. The quantitative estimate of drug-likeness (QED) is 0.842. The Morgan fingerprint density at radius 3 is 2.94 bits per heavy atom. The van der Waals surface area contributed by atoms with Gasteiger partial charge < -0.3 is 10.6 Å².